The van der Waals surface area contributed by atoms with E-state index in [-0.39, 0.29) is 17.9 Å². The number of carbonyl (C=O) groups excluding carboxylic acids is 1. The van der Waals surface area contributed by atoms with Crippen molar-refractivity contribution >= 4 is 23.4 Å². The Hall–Kier alpha value is -6.76. The monoisotopic (exact) mass is 688 g/mol. The first-order chi connectivity index (χ1) is 24.6. The Kier molecular flexibility index (Phi) is 9.89. The second-order valence-corrected chi connectivity index (χ2v) is 11.9. The van der Waals surface area contributed by atoms with E-state index in [1.807, 2.05) is 54.2 Å². The van der Waals surface area contributed by atoms with E-state index in [0.29, 0.717) is 28.6 Å². The van der Waals surface area contributed by atoms with Crippen LogP contribution >= 0.6 is 0 Å². The molecule has 13 heteroatoms. The minimum absolute atomic E-state index is 0.127. The van der Waals surface area contributed by atoms with Gasteiger partial charge in [-0.15, -0.1) is 0 Å². The van der Waals surface area contributed by atoms with Crippen LogP contribution in [0.2, 0.25) is 0 Å². The lowest BCUT2D eigenvalue weighted by Gasteiger charge is -2.20. The van der Waals surface area contributed by atoms with Gasteiger partial charge < -0.3 is 24.7 Å². The maximum absolute atomic E-state index is 13.7. The van der Waals surface area contributed by atoms with Crippen LogP contribution in [0.5, 0.6) is 11.5 Å². The number of nitrogens with zero attached hydrogens (tertiary/aromatic N) is 4. The fourth-order valence-electron chi connectivity index (χ4n) is 5.26. The summed E-state index contributed by atoms with van der Waals surface area (Å²) in [6.07, 6.45) is 11.5. The van der Waals surface area contributed by atoms with Gasteiger partial charge >= 0.3 is 5.69 Å². The highest BCUT2D eigenvalue weighted by atomic mass is 19.1. The van der Waals surface area contributed by atoms with Crippen LogP contribution < -0.4 is 36.8 Å². The average molecular weight is 689 g/mol. The Labute approximate surface area is 291 Å². The summed E-state index contributed by atoms with van der Waals surface area (Å²) in [4.78, 5) is 45.0. The molecule has 3 aromatic carbocycles. The summed E-state index contributed by atoms with van der Waals surface area (Å²) in [5.41, 5.74) is 1.58. The van der Waals surface area contributed by atoms with Crippen LogP contribution in [-0.4, -0.2) is 30.8 Å². The zero-order valence-corrected chi connectivity index (χ0v) is 28.0. The van der Waals surface area contributed by atoms with Gasteiger partial charge in [0.25, 0.3) is 11.5 Å². The number of aromatic nitrogens is 4. The quantitative estimate of drug-likeness (QED) is 0.179. The zero-order chi connectivity index (χ0) is 36.1. The van der Waals surface area contributed by atoms with E-state index >= 15 is 0 Å². The van der Waals surface area contributed by atoms with Crippen molar-refractivity contribution in [1.82, 2.24) is 24.0 Å². The number of nitrogens with two attached hydrogens (primary N) is 1. The summed E-state index contributed by atoms with van der Waals surface area (Å²) >= 11 is 0. The number of halogens is 1. The molecular weight excluding hydrogens is 653 g/mol. The largest absolute Gasteiger partial charge is 0.485 e. The summed E-state index contributed by atoms with van der Waals surface area (Å²) in [6.45, 7) is 3.68. The van der Waals surface area contributed by atoms with E-state index in [1.54, 1.807) is 50.6 Å². The van der Waals surface area contributed by atoms with Crippen LogP contribution in [0.25, 0.3) is 11.3 Å². The number of benzene rings is 3. The molecule has 0 fully saturated rings. The molecule has 6 rings (SSSR count). The van der Waals surface area contributed by atoms with Gasteiger partial charge in [-0.3, -0.25) is 19.6 Å². The lowest BCUT2D eigenvalue weighted by Crippen LogP contribution is -2.42. The average Bonchev–Trinajstić information content (AvgIpc) is 3.56. The summed E-state index contributed by atoms with van der Waals surface area (Å²) in [7, 11) is 1.88. The molecule has 0 unspecified atom stereocenters. The lowest BCUT2D eigenvalue weighted by molar-refractivity contribution is -0.104. The van der Waals surface area contributed by atoms with Crippen LogP contribution in [0.4, 0.5) is 10.1 Å². The van der Waals surface area contributed by atoms with Crippen molar-refractivity contribution in [3.8, 4) is 17.2 Å². The van der Waals surface area contributed by atoms with Crippen LogP contribution in [0.15, 0.2) is 131 Å². The Balaban J connectivity index is 1.36. The van der Waals surface area contributed by atoms with E-state index in [4.69, 9.17) is 14.9 Å². The summed E-state index contributed by atoms with van der Waals surface area (Å²) in [5.74, 6) is -0.249. The molecule has 51 heavy (non-hydrogen) atoms. The number of carbonyl (C=O) groups is 1. The topological polar surface area (TPSA) is 147 Å². The van der Waals surface area contributed by atoms with Crippen LogP contribution in [0.1, 0.15) is 41.5 Å². The van der Waals surface area contributed by atoms with Crippen LogP contribution in [0, 0.1) is 5.82 Å². The third-order valence-electron chi connectivity index (χ3n) is 7.86. The fraction of sp³-hybridized carbons (Fsp3) is 0.132. The van der Waals surface area contributed by atoms with Crippen molar-refractivity contribution in [1.29, 1.82) is 0 Å². The summed E-state index contributed by atoms with van der Waals surface area (Å²) < 4.78 is 30.3. The van der Waals surface area contributed by atoms with Gasteiger partial charge in [0.1, 0.15) is 18.0 Å². The Morgan fingerprint density at radius 3 is 2.49 bits per heavy atom. The second kappa shape index (κ2) is 14.8. The number of amides is 1. The zero-order valence-electron chi connectivity index (χ0n) is 28.0. The Morgan fingerprint density at radius 1 is 1.04 bits per heavy atom. The summed E-state index contributed by atoms with van der Waals surface area (Å²) in [5, 5.41) is 11.7. The number of imidazole rings is 1. The van der Waals surface area contributed by atoms with Gasteiger partial charge in [0.05, 0.1) is 23.4 Å². The van der Waals surface area contributed by atoms with Gasteiger partial charge in [-0.25, -0.2) is 18.7 Å². The normalized spacial score (nSPS) is 13.3. The van der Waals surface area contributed by atoms with E-state index < -0.39 is 29.0 Å². The maximum Gasteiger partial charge on any atom is 0.335 e. The van der Waals surface area contributed by atoms with Crippen molar-refractivity contribution in [3.05, 3.63) is 165 Å². The molecule has 0 radical (unpaired) electrons. The standard InChI is InChI=1S/C38H34FN7O5/c1-24(2)45-20-30(37(48)46(38(45)49)29-12-9-27(39)10-13-29)36(47)43-28-11-14-33(35(18-28)50-22-25-7-5-4-6-8-25)51-34-17-26(19-41-31(34)15-16-40)32-21-44(3)23-42-32/h4-21,23-24,40-41H,22H2,1-3H3,(H,43,47)/p+1/b31-15-,40-16?. The number of hydrogen-bond donors (Lipinski definition) is 3. The Morgan fingerprint density at radius 2 is 1.80 bits per heavy atom. The highest BCUT2D eigenvalue weighted by Crippen LogP contribution is 2.35. The first-order valence-electron chi connectivity index (χ1n) is 16.0. The molecule has 3 heterocycles. The highest BCUT2D eigenvalue weighted by Gasteiger charge is 2.22. The van der Waals surface area contributed by atoms with Gasteiger partial charge in [0.15, 0.2) is 23.5 Å². The molecule has 1 aliphatic heterocycles. The smallest absolute Gasteiger partial charge is 0.335 e. The molecule has 0 atom stereocenters. The number of rotatable bonds is 11. The molecule has 0 spiro atoms. The maximum atomic E-state index is 13.7. The Bertz CT molecular complexity index is 2320. The molecule has 0 bridgehead atoms. The molecular formula is C38H35FN7O5+. The van der Waals surface area contributed by atoms with Crippen molar-refractivity contribution in [2.45, 2.75) is 26.5 Å². The SMILES string of the molecule is CC(C)n1cc(C(=O)Nc2ccc(OC3=CC(c4cn(C)cn4)=CN/C3=C\C=[NH2+])c(OCc3ccccc3)c2)c(=O)n(-c2ccc(F)cc2)c1=O. The number of hydrogen-bond acceptors (Lipinski definition) is 7. The van der Waals surface area contributed by atoms with E-state index in [2.05, 4.69) is 15.6 Å². The van der Waals surface area contributed by atoms with Crippen LogP contribution in [-0.2, 0) is 13.7 Å². The van der Waals surface area contributed by atoms with Crippen molar-refractivity contribution in [2.75, 3.05) is 5.32 Å². The molecule has 4 N–H and O–H groups in total. The second-order valence-electron chi connectivity index (χ2n) is 11.9. The lowest BCUT2D eigenvalue weighted by atomic mass is 10.1. The predicted molar refractivity (Wildman–Crippen MR) is 191 cm³/mol. The minimum Gasteiger partial charge on any atom is -0.485 e. The van der Waals surface area contributed by atoms with Crippen molar-refractivity contribution < 1.29 is 24.1 Å². The minimum atomic E-state index is -0.856. The fourth-order valence-corrected chi connectivity index (χ4v) is 5.26. The van der Waals surface area contributed by atoms with Crippen molar-refractivity contribution in [3.63, 3.8) is 0 Å². The molecule has 12 nitrogen and oxygen atoms in total. The van der Waals surface area contributed by atoms with Gasteiger partial charge in [-0.1, -0.05) is 30.3 Å². The first-order valence-corrected chi connectivity index (χ1v) is 16.0. The molecule has 258 valence electrons. The number of nitrogens with one attached hydrogen (secondary N) is 2. The van der Waals surface area contributed by atoms with E-state index in [9.17, 15) is 18.8 Å². The third kappa shape index (κ3) is 7.62. The molecule has 0 saturated heterocycles. The predicted octanol–water partition coefficient (Wildman–Crippen LogP) is 3.90. The highest BCUT2D eigenvalue weighted by molar-refractivity contribution is 6.04. The van der Waals surface area contributed by atoms with Gasteiger partial charge in [-0.05, 0) is 61.9 Å². The molecule has 5 aromatic rings. The number of anilines is 1. The van der Waals surface area contributed by atoms with E-state index in [1.165, 1.54) is 29.1 Å². The van der Waals surface area contributed by atoms with Gasteiger partial charge in [-0.2, -0.15) is 0 Å². The van der Waals surface area contributed by atoms with Crippen molar-refractivity contribution in [2.24, 2.45) is 7.05 Å². The molecule has 1 amide bonds. The third-order valence-corrected chi connectivity index (χ3v) is 7.86. The molecule has 0 saturated carbocycles. The molecule has 0 aliphatic carbocycles. The van der Waals surface area contributed by atoms with Crippen LogP contribution in [0.3, 0.4) is 0 Å². The van der Waals surface area contributed by atoms with Gasteiger partial charge in [0.2, 0.25) is 0 Å². The number of dihydropyridines is 1. The van der Waals surface area contributed by atoms with Gasteiger partial charge in [0, 0.05) is 55.1 Å². The number of aryl methyl sites for hydroxylation is 1. The number of allylic oxidation sites excluding steroid dienone is 3. The number of ether oxygens (including phenoxy) is 2. The van der Waals surface area contributed by atoms with E-state index in [0.717, 1.165) is 33.5 Å². The molecule has 1 aliphatic rings. The first kappa shape index (κ1) is 34.1. The molecule has 2 aromatic heterocycles. The summed E-state index contributed by atoms with van der Waals surface area (Å²) in [6, 6.07) is 18.8.